The van der Waals surface area contributed by atoms with Crippen LogP contribution in [0.4, 0.5) is 0 Å². The molecular weight excluding hydrogens is 298 g/mol. The first-order valence-electron chi connectivity index (χ1n) is 5.74. The topological polar surface area (TPSA) is 20.3 Å². The van der Waals surface area contributed by atoms with Crippen LogP contribution in [0.3, 0.4) is 0 Å². The van der Waals surface area contributed by atoms with Gasteiger partial charge in [0.25, 0.3) is 0 Å². The Morgan fingerprint density at radius 1 is 1.47 bits per heavy atom. The van der Waals surface area contributed by atoms with Crippen molar-refractivity contribution in [2.75, 3.05) is 13.6 Å². The zero-order valence-electron chi connectivity index (χ0n) is 10.9. The summed E-state index contributed by atoms with van der Waals surface area (Å²) in [6.45, 7) is 7.67. The molecule has 0 aliphatic rings. The van der Waals surface area contributed by atoms with Crippen LogP contribution in [-0.4, -0.2) is 24.3 Å². The molecule has 0 aromatic carbocycles. The average molecular weight is 318 g/mol. The van der Waals surface area contributed by atoms with Crippen LogP contribution in [0.1, 0.15) is 32.1 Å². The Bertz CT molecular complexity index is 381. The van der Waals surface area contributed by atoms with E-state index in [9.17, 15) is 4.79 Å². The van der Waals surface area contributed by atoms with Gasteiger partial charge in [0.1, 0.15) is 5.78 Å². The molecule has 2 nitrogen and oxygen atoms in total. The van der Waals surface area contributed by atoms with Crippen LogP contribution in [0.15, 0.2) is 15.9 Å². The van der Waals surface area contributed by atoms with Crippen molar-refractivity contribution in [3.8, 4) is 0 Å². The fourth-order valence-electron chi connectivity index (χ4n) is 1.45. The first-order chi connectivity index (χ1) is 7.79. The van der Waals surface area contributed by atoms with Gasteiger partial charge in [-0.2, -0.15) is 0 Å². The quantitative estimate of drug-likeness (QED) is 0.819. The van der Waals surface area contributed by atoms with Gasteiger partial charge in [0.05, 0.1) is 0 Å². The molecule has 1 rings (SSSR count). The molecule has 0 aliphatic heterocycles. The Morgan fingerprint density at radius 2 is 2.12 bits per heavy atom. The van der Waals surface area contributed by atoms with Crippen molar-refractivity contribution in [2.24, 2.45) is 5.41 Å². The molecule has 0 saturated carbocycles. The number of rotatable bonds is 5. The van der Waals surface area contributed by atoms with E-state index < -0.39 is 0 Å². The van der Waals surface area contributed by atoms with E-state index in [1.807, 2.05) is 20.8 Å². The minimum Gasteiger partial charge on any atom is -0.301 e. The van der Waals surface area contributed by atoms with E-state index in [1.54, 1.807) is 11.3 Å². The maximum atomic E-state index is 11.8. The summed E-state index contributed by atoms with van der Waals surface area (Å²) in [4.78, 5) is 15.3. The number of carbonyl (C=O) groups is 1. The molecule has 0 amide bonds. The summed E-state index contributed by atoms with van der Waals surface area (Å²) in [6.07, 6.45) is 0.631. The lowest BCUT2D eigenvalue weighted by Gasteiger charge is -2.20. The van der Waals surface area contributed by atoms with Gasteiger partial charge < -0.3 is 4.90 Å². The number of Topliss-reactive ketones (excluding diaryl/α,β-unsaturated/α-hetero) is 1. The molecule has 1 heterocycles. The molecule has 0 bridgehead atoms. The molecule has 0 unspecified atom stereocenters. The van der Waals surface area contributed by atoms with Crippen molar-refractivity contribution >= 4 is 33.0 Å². The number of hydrogen-bond donors (Lipinski definition) is 0. The van der Waals surface area contributed by atoms with Crippen LogP contribution >= 0.6 is 27.3 Å². The fourth-order valence-corrected chi connectivity index (χ4v) is 2.98. The Labute approximate surface area is 116 Å². The molecule has 17 heavy (non-hydrogen) atoms. The second-order valence-electron chi connectivity index (χ2n) is 5.39. The predicted molar refractivity (Wildman–Crippen MR) is 77.4 cm³/mol. The lowest BCUT2D eigenvalue weighted by molar-refractivity contribution is -0.126. The van der Waals surface area contributed by atoms with E-state index in [2.05, 4.69) is 39.3 Å². The molecule has 0 aliphatic carbocycles. The molecule has 4 heteroatoms. The highest BCUT2D eigenvalue weighted by atomic mass is 79.9. The van der Waals surface area contributed by atoms with Gasteiger partial charge in [-0.1, -0.05) is 20.8 Å². The third kappa shape index (κ3) is 5.32. The minimum absolute atomic E-state index is 0.215. The number of nitrogens with zero attached hydrogens (tertiary/aromatic N) is 1. The van der Waals surface area contributed by atoms with Gasteiger partial charge >= 0.3 is 0 Å². The second-order valence-corrected chi connectivity index (χ2v) is 7.30. The van der Waals surface area contributed by atoms with Crippen molar-refractivity contribution < 1.29 is 4.79 Å². The number of ketones is 1. The van der Waals surface area contributed by atoms with Crippen molar-refractivity contribution in [1.82, 2.24) is 4.90 Å². The zero-order chi connectivity index (χ0) is 13.1. The maximum Gasteiger partial charge on any atom is 0.139 e. The number of hydrogen-bond acceptors (Lipinski definition) is 3. The molecular formula is C13H20BrNOS. The highest BCUT2D eigenvalue weighted by Crippen LogP contribution is 2.21. The van der Waals surface area contributed by atoms with E-state index in [0.29, 0.717) is 12.2 Å². The monoisotopic (exact) mass is 317 g/mol. The predicted octanol–water partition coefficient (Wildman–Crippen LogP) is 3.95. The van der Waals surface area contributed by atoms with E-state index in [4.69, 9.17) is 0 Å². The zero-order valence-corrected chi connectivity index (χ0v) is 13.3. The first-order valence-corrected chi connectivity index (χ1v) is 7.41. The summed E-state index contributed by atoms with van der Waals surface area (Å²) < 4.78 is 1.14. The van der Waals surface area contributed by atoms with Crippen molar-refractivity contribution in [3.63, 3.8) is 0 Å². The van der Waals surface area contributed by atoms with Gasteiger partial charge in [0, 0.05) is 39.7 Å². The van der Waals surface area contributed by atoms with Gasteiger partial charge in [-0.05, 0) is 29.0 Å². The van der Waals surface area contributed by atoms with E-state index in [1.165, 1.54) is 4.88 Å². The second kappa shape index (κ2) is 6.12. The van der Waals surface area contributed by atoms with Gasteiger partial charge in [-0.15, -0.1) is 11.3 Å². The maximum absolute atomic E-state index is 11.8. The molecule has 0 radical (unpaired) electrons. The van der Waals surface area contributed by atoms with Crippen LogP contribution in [0.25, 0.3) is 0 Å². The summed E-state index contributed by atoms with van der Waals surface area (Å²) in [5.74, 6) is 0.330. The molecule has 0 spiro atoms. The fraction of sp³-hybridized carbons (Fsp3) is 0.615. The smallest absolute Gasteiger partial charge is 0.139 e. The highest BCUT2D eigenvalue weighted by molar-refractivity contribution is 9.10. The summed E-state index contributed by atoms with van der Waals surface area (Å²) >= 11 is 5.19. The number of halogens is 1. The Balaban J connectivity index is 2.36. The molecule has 0 N–H and O–H groups in total. The summed E-state index contributed by atoms with van der Waals surface area (Å²) in [6, 6.07) is 2.13. The Hall–Kier alpha value is -0.190. The third-order valence-electron chi connectivity index (χ3n) is 2.60. The van der Waals surface area contributed by atoms with Crippen LogP contribution in [0, 0.1) is 5.41 Å². The van der Waals surface area contributed by atoms with Gasteiger partial charge in [-0.3, -0.25) is 4.79 Å². The van der Waals surface area contributed by atoms with E-state index in [-0.39, 0.29) is 5.41 Å². The van der Waals surface area contributed by atoms with E-state index in [0.717, 1.165) is 17.6 Å². The summed E-state index contributed by atoms with van der Waals surface area (Å²) in [5.41, 5.74) is -0.215. The number of thiophene rings is 1. The van der Waals surface area contributed by atoms with Crippen LogP contribution < -0.4 is 0 Å². The first kappa shape index (κ1) is 14.9. The van der Waals surface area contributed by atoms with Gasteiger partial charge in [0.15, 0.2) is 0 Å². The third-order valence-corrected chi connectivity index (χ3v) is 4.29. The van der Waals surface area contributed by atoms with Gasteiger partial charge in [0.2, 0.25) is 0 Å². The lowest BCUT2D eigenvalue weighted by Crippen LogP contribution is -2.26. The van der Waals surface area contributed by atoms with Gasteiger partial charge in [-0.25, -0.2) is 0 Å². The van der Waals surface area contributed by atoms with Crippen LogP contribution in [-0.2, 0) is 11.3 Å². The standard InChI is InChI=1S/C13H20BrNOS/c1-13(2,3)12(16)5-6-15(4)8-11-7-10(14)9-17-11/h7,9H,5-6,8H2,1-4H3. The van der Waals surface area contributed by atoms with Crippen molar-refractivity contribution in [3.05, 3.63) is 20.8 Å². The average Bonchev–Trinajstić information content (AvgIpc) is 2.58. The Morgan fingerprint density at radius 3 is 2.59 bits per heavy atom. The van der Waals surface area contributed by atoms with Crippen LogP contribution in [0.5, 0.6) is 0 Å². The summed E-state index contributed by atoms with van der Waals surface area (Å²) in [5, 5.41) is 2.09. The van der Waals surface area contributed by atoms with Crippen LogP contribution in [0.2, 0.25) is 0 Å². The number of carbonyl (C=O) groups excluding carboxylic acids is 1. The lowest BCUT2D eigenvalue weighted by atomic mass is 9.89. The molecule has 96 valence electrons. The molecule has 0 atom stereocenters. The highest BCUT2D eigenvalue weighted by Gasteiger charge is 2.20. The SMILES string of the molecule is CN(CCC(=O)C(C)(C)C)Cc1cc(Br)cs1. The normalized spacial score (nSPS) is 12.1. The molecule has 1 aromatic heterocycles. The Kier molecular flexibility index (Phi) is 5.35. The molecule has 0 fully saturated rings. The van der Waals surface area contributed by atoms with E-state index >= 15 is 0 Å². The van der Waals surface area contributed by atoms with Crippen molar-refractivity contribution in [2.45, 2.75) is 33.7 Å². The summed E-state index contributed by atoms with van der Waals surface area (Å²) in [7, 11) is 2.06. The largest absolute Gasteiger partial charge is 0.301 e. The molecule has 1 aromatic rings. The van der Waals surface area contributed by atoms with Crippen molar-refractivity contribution in [1.29, 1.82) is 0 Å². The molecule has 0 saturated heterocycles. The minimum atomic E-state index is -0.215.